The fraction of sp³-hybridized carbons (Fsp3) is 0.500. The first-order chi connectivity index (χ1) is 12.6. The molecule has 0 saturated carbocycles. The van der Waals surface area contributed by atoms with E-state index in [-0.39, 0.29) is 12.2 Å². The summed E-state index contributed by atoms with van der Waals surface area (Å²) in [5, 5.41) is 8.33. The molecule has 1 amide bonds. The van der Waals surface area contributed by atoms with Crippen molar-refractivity contribution in [2.24, 2.45) is 5.92 Å². The van der Waals surface area contributed by atoms with Gasteiger partial charge in [-0.05, 0) is 38.0 Å². The number of aromatic nitrogens is 3. The number of hydrogen-bond donors (Lipinski definition) is 0. The average molecular weight is 421 g/mol. The van der Waals surface area contributed by atoms with Crippen LogP contribution in [0.5, 0.6) is 0 Å². The summed E-state index contributed by atoms with van der Waals surface area (Å²) in [4.78, 5) is 14.8. The molecule has 2 aliphatic rings. The first kappa shape index (κ1) is 17.6. The minimum absolute atomic E-state index is 0.0598. The van der Waals surface area contributed by atoms with Gasteiger partial charge in [0.15, 0.2) is 12.0 Å². The van der Waals surface area contributed by atoms with Gasteiger partial charge in [-0.1, -0.05) is 27.2 Å². The van der Waals surface area contributed by atoms with E-state index in [0.29, 0.717) is 37.9 Å². The summed E-state index contributed by atoms with van der Waals surface area (Å²) >= 11 is 3.46. The number of piperidine rings is 1. The van der Waals surface area contributed by atoms with Gasteiger partial charge in [0.1, 0.15) is 0 Å². The third kappa shape index (κ3) is 3.41. The third-order valence-corrected chi connectivity index (χ3v) is 5.50. The van der Waals surface area contributed by atoms with Crippen molar-refractivity contribution in [2.75, 3.05) is 26.3 Å². The van der Waals surface area contributed by atoms with Gasteiger partial charge in [0.05, 0.1) is 24.6 Å². The van der Waals surface area contributed by atoms with E-state index in [0.717, 1.165) is 28.7 Å². The molecule has 0 atom stereocenters. The zero-order chi connectivity index (χ0) is 18.1. The van der Waals surface area contributed by atoms with Crippen LogP contribution in [0.3, 0.4) is 0 Å². The lowest BCUT2D eigenvalue weighted by molar-refractivity contribution is -0.0956. The molecule has 0 radical (unpaired) electrons. The molecule has 0 N–H and O–H groups in total. The molecular weight excluding hydrogens is 400 g/mol. The summed E-state index contributed by atoms with van der Waals surface area (Å²) < 4.78 is 13.9. The molecular formula is C18H21BrN4O3. The maximum atomic E-state index is 12.9. The van der Waals surface area contributed by atoms with Gasteiger partial charge in [0.25, 0.3) is 5.91 Å². The second-order valence-corrected chi connectivity index (χ2v) is 7.57. The zero-order valence-electron chi connectivity index (χ0n) is 14.6. The number of carbonyl (C=O) groups is 1. The average Bonchev–Trinajstić information content (AvgIpc) is 3.31. The van der Waals surface area contributed by atoms with Crippen molar-refractivity contribution in [2.45, 2.75) is 26.1 Å². The first-order valence-electron chi connectivity index (χ1n) is 8.84. The normalized spacial score (nSPS) is 19.2. The van der Waals surface area contributed by atoms with E-state index in [1.807, 2.05) is 36.1 Å². The van der Waals surface area contributed by atoms with E-state index in [1.165, 1.54) is 0 Å². The number of likely N-dealkylation sites (tertiary alicyclic amines) is 1. The molecule has 0 unspecified atom stereocenters. The minimum Gasteiger partial charge on any atom is -0.350 e. The maximum absolute atomic E-state index is 12.9. The zero-order valence-corrected chi connectivity index (χ0v) is 16.2. The van der Waals surface area contributed by atoms with E-state index in [1.54, 1.807) is 4.68 Å². The molecule has 1 aromatic carbocycles. The van der Waals surface area contributed by atoms with Crippen LogP contribution in [0.1, 0.15) is 29.0 Å². The molecule has 1 aromatic heterocycles. The van der Waals surface area contributed by atoms with Crippen molar-refractivity contribution < 1.29 is 14.3 Å². The molecule has 26 heavy (non-hydrogen) atoms. The van der Waals surface area contributed by atoms with Crippen molar-refractivity contribution in [3.63, 3.8) is 0 Å². The van der Waals surface area contributed by atoms with Gasteiger partial charge in [0, 0.05) is 23.5 Å². The number of halogens is 1. The smallest absolute Gasteiger partial charge is 0.276 e. The minimum atomic E-state index is -0.105. The van der Waals surface area contributed by atoms with Crippen LogP contribution in [0.15, 0.2) is 28.7 Å². The predicted molar refractivity (Wildman–Crippen MR) is 98.1 cm³/mol. The summed E-state index contributed by atoms with van der Waals surface area (Å²) in [5.74, 6) is 0.301. The summed E-state index contributed by atoms with van der Waals surface area (Å²) in [6.07, 6.45) is 1.66. The van der Waals surface area contributed by atoms with Gasteiger partial charge in [-0.3, -0.25) is 4.79 Å². The Morgan fingerprint density at radius 1 is 1.23 bits per heavy atom. The number of amides is 1. The summed E-state index contributed by atoms with van der Waals surface area (Å²) in [6.45, 7) is 4.59. The molecule has 2 aliphatic heterocycles. The molecule has 8 heteroatoms. The predicted octanol–water partition coefficient (Wildman–Crippen LogP) is 2.56. The molecule has 0 spiro atoms. The largest absolute Gasteiger partial charge is 0.350 e. The monoisotopic (exact) mass is 420 g/mol. The topological polar surface area (TPSA) is 69.5 Å². The van der Waals surface area contributed by atoms with Gasteiger partial charge >= 0.3 is 0 Å². The van der Waals surface area contributed by atoms with E-state index in [2.05, 4.69) is 26.2 Å². The van der Waals surface area contributed by atoms with Crippen molar-refractivity contribution in [3.05, 3.63) is 40.1 Å². The van der Waals surface area contributed by atoms with Crippen molar-refractivity contribution in [3.8, 4) is 5.69 Å². The van der Waals surface area contributed by atoms with Crippen molar-refractivity contribution in [1.82, 2.24) is 19.9 Å². The van der Waals surface area contributed by atoms with Crippen LogP contribution in [0.2, 0.25) is 0 Å². The van der Waals surface area contributed by atoms with Crippen LogP contribution in [0.4, 0.5) is 0 Å². The second kappa shape index (κ2) is 7.46. The number of benzene rings is 1. The molecule has 2 fully saturated rings. The van der Waals surface area contributed by atoms with Crippen LogP contribution in [0.25, 0.3) is 5.69 Å². The maximum Gasteiger partial charge on any atom is 0.276 e. The molecule has 7 nitrogen and oxygen atoms in total. The van der Waals surface area contributed by atoms with Crippen molar-refractivity contribution >= 4 is 21.8 Å². The number of hydrogen-bond acceptors (Lipinski definition) is 5. The fourth-order valence-corrected chi connectivity index (χ4v) is 3.94. The van der Waals surface area contributed by atoms with Crippen LogP contribution in [-0.2, 0) is 9.47 Å². The Bertz CT molecular complexity index is 795. The quantitative estimate of drug-likeness (QED) is 0.762. The lowest BCUT2D eigenvalue weighted by Crippen LogP contribution is -2.41. The van der Waals surface area contributed by atoms with E-state index in [9.17, 15) is 4.79 Å². The van der Waals surface area contributed by atoms with E-state index in [4.69, 9.17) is 9.47 Å². The highest BCUT2D eigenvalue weighted by molar-refractivity contribution is 9.10. The molecule has 0 bridgehead atoms. The highest BCUT2D eigenvalue weighted by Gasteiger charge is 2.33. The van der Waals surface area contributed by atoms with Gasteiger partial charge in [-0.25, -0.2) is 4.68 Å². The number of carbonyl (C=O) groups excluding carboxylic acids is 1. The summed E-state index contributed by atoms with van der Waals surface area (Å²) in [6, 6.07) is 7.76. The van der Waals surface area contributed by atoms with Crippen LogP contribution >= 0.6 is 15.9 Å². The van der Waals surface area contributed by atoms with Crippen LogP contribution in [0, 0.1) is 12.8 Å². The second-order valence-electron chi connectivity index (χ2n) is 6.65. The molecule has 0 aliphatic carbocycles. The lowest BCUT2D eigenvalue weighted by Gasteiger charge is -2.33. The standard InChI is InChI=1S/C18H21BrN4O3/c1-12-16(20-21-23(12)15-4-2-3-14(19)11-15)17(24)22-7-5-13(6-8-22)18-25-9-10-26-18/h2-4,11,13,18H,5-10H2,1H3. The first-order valence-corrected chi connectivity index (χ1v) is 9.63. The number of ether oxygens (including phenoxy) is 2. The SMILES string of the molecule is Cc1c(C(=O)N2CCC(C3OCCO3)CC2)nnn1-c1cccc(Br)c1. The fourth-order valence-electron chi connectivity index (χ4n) is 3.55. The Hall–Kier alpha value is -1.77. The Kier molecular flexibility index (Phi) is 5.06. The van der Waals surface area contributed by atoms with E-state index >= 15 is 0 Å². The third-order valence-electron chi connectivity index (χ3n) is 5.01. The van der Waals surface area contributed by atoms with Crippen molar-refractivity contribution in [1.29, 1.82) is 0 Å². The Balaban J connectivity index is 1.46. The molecule has 3 heterocycles. The molecule has 4 rings (SSSR count). The van der Waals surface area contributed by atoms with Gasteiger partial charge in [-0.15, -0.1) is 5.10 Å². The highest BCUT2D eigenvalue weighted by Crippen LogP contribution is 2.27. The molecule has 2 saturated heterocycles. The van der Waals surface area contributed by atoms with Gasteiger partial charge in [0.2, 0.25) is 0 Å². The Morgan fingerprint density at radius 2 is 1.96 bits per heavy atom. The lowest BCUT2D eigenvalue weighted by atomic mass is 9.96. The summed E-state index contributed by atoms with van der Waals surface area (Å²) in [5.41, 5.74) is 2.03. The Labute approximate surface area is 160 Å². The van der Waals surface area contributed by atoms with Crippen LogP contribution < -0.4 is 0 Å². The highest BCUT2D eigenvalue weighted by atomic mass is 79.9. The van der Waals surface area contributed by atoms with E-state index < -0.39 is 0 Å². The molecule has 2 aromatic rings. The van der Waals surface area contributed by atoms with Gasteiger partial charge < -0.3 is 14.4 Å². The summed E-state index contributed by atoms with van der Waals surface area (Å²) in [7, 11) is 0. The van der Waals surface area contributed by atoms with Gasteiger partial charge in [-0.2, -0.15) is 0 Å². The molecule has 138 valence electrons. The number of nitrogens with zero attached hydrogens (tertiary/aromatic N) is 4. The number of rotatable bonds is 3. The van der Waals surface area contributed by atoms with Crippen LogP contribution in [-0.4, -0.2) is 58.4 Å². The Morgan fingerprint density at radius 3 is 2.65 bits per heavy atom.